The number of aromatic nitrogens is 2. The number of benzene rings is 1. The minimum Gasteiger partial charge on any atom is -0.310 e. The van der Waals surface area contributed by atoms with Gasteiger partial charge in [-0.15, -0.1) is 0 Å². The van der Waals surface area contributed by atoms with Crippen molar-refractivity contribution in [3.8, 4) is 0 Å². The van der Waals surface area contributed by atoms with Gasteiger partial charge in [-0.3, -0.25) is 4.79 Å². The van der Waals surface area contributed by atoms with E-state index in [2.05, 4.69) is 18.8 Å². The monoisotopic (exact) mass is 480 g/mol. The minimum atomic E-state index is -0.108. The molecule has 4 saturated carbocycles. The van der Waals surface area contributed by atoms with Crippen molar-refractivity contribution in [3.05, 3.63) is 39.4 Å². The molecule has 1 aromatic carbocycles. The van der Waals surface area contributed by atoms with E-state index in [9.17, 15) is 4.79 Å². The van der Waals surface area contributed by atoms with Gasteiger partial charge >= 0.3 is 0 Å². The van der Waals surface area contributed by atoms with Gasteiger partial charge in [-0.05, 0) is 117 Å². The van der Waals surface area contributed by atoms with Gasteiger partial charge in [0.05, 0.1) is 15.9 Å². The lowest BCUT2D eigenvalue weighted by molar-refractivity contribution is -0.111. The van der Waals surface area contributed by atoms with E-state index in [-0.39, 0.29) is 5.56 Å². The van der Waals surface area contributed by atoms with Crippen LogP contribution in [0.4, 0.5) is 0 Å². The van der Waals surface area contributed by atoms with Crippen LogP contribution in [-0.4, -0.2) is 9.97 Å². The number of nitrogens with one attached hydrogen (secondary N) is 1. The highest BCUT2D eigenvalue weighted by atomic mass is 35.5. The summed E-state index contributed by atoms with van der Waals surface area (Å²) in [4.78, 5) is 20.3. The van der Waals surface area contributed by atoms with Gasteiger partial charge in [-0.1, -0.05) is 44.4 Å². The molecule has 0 saturated heterocycles. The van der Waals surface area contributed by atoms with Gasteiger partial charge in [0.25, 0.3) is 5.56 Å². The maximum atomic E-state index is 12.6. The van der Waals surface area contributed by atoms with Crippen LogP contribution in [0.25, 0.3) is 10.9 Å². The number of H-pyrrole nitrogens is 1. The molecule has 0 spiro atoms. The zero-order valence-electron chi connectivity index (χ0n) is 21.0. The third kappa shape index (κ3) is 3.59. The van der Waals surface area contributed by atoms with Gasteiger partial charge in [0.15, 0.2) is 0 Å². The van der Waals surface area contributed by atoms with E-state index in [1.807, 2.05) is 12.1 Å². The summed E-state index contributed by atoms with van der Waals surface area (Å²) >= 11 is 6.22. The van der Waals surface area contributed by atoms with Crippen molar-refractivity contribution in [1.82, 2.24) is 9.97 Å². The first kappa shape index (κ1) is 23.1. The zero-order chi connectivity index (χ0) is 23.5. The minimum absolute atomic E-state index is 0.108. The topological polar surface area (TPSA) is 45.8 Å². The van der Waals surface area contributed by atoms with Crippen LogP contribution in [-0.2, 0) is 6.42 Å². The van der Waals surface area contributed by atoms with E-state index in [0.29, 0.717) is 26.8 Å². The van der Waals surface area contributed by atoms with Crippen molar-refractivity contribution in [2.24, 2.45) is 40.4 Å². The van der Waals surface area contributed by atoms with Gasteiger partial charge in [0, 0.05) is 6.42 Å². The summed E-state index contributed by atoms with van der Waals surface area (Å²) in [7, 11) is 0. The number of fused-ring (bicyclic) bond motifs is 6. The lowest BCUT2D eigenvalue weighted by Gasteiger charge is -2.60. The molecule has 34 heavy (non-hydrogen) atoms. The van der Waals surface area contributed by atoms with Crippen LogP contribution < -0.4 is 5.56 Å². The average Bonchev–Trinajstić information content (AvgIpc) is 3.15. The van der Waals surface area contributed by atoms with Crippen molar-refractivity contribution in [3.63, 3.8) is 0 Å². The van der Waals surface area contributed by atoms with E-state index in [4.69, 9.17) is 16.6 Å². The Morgan fingerprint density at radius 1 is 1.00 bits per heavy atom. The summed E-state index contributed by atoms with van der Waals surface area (Å²) < 4.78 is 0. The molecular weight excluding hydrogens is 440 g/mol. The van der Waals surface area contributed by atoms with Gasteiger partial charge in [-0.2, -0.15) is 0 Å². The molecule has 4 aliphatic carbocycles. The summed E-state index contributed by atoms with van der Waals surface area (Å²) in [5.74, 6) is 5.56. The Kier molecular flexibility index (Phi) is 5.87. The molecule has 184 valence electrons. The highest BCUT2D eigenvalue weighted by Gasteiger charge is 2.59. The Labute approximate surface area is 209 Å². The summed E-state index contributed by atoms with van der Waals surface area (Å²) in [6.07, 6.45) is 17.9. The fourth-order valence-electron chi connectivity index (χ4n) is 9.71. The molecule has 4 heteroatoms. The Morgan fingerprint density at radius 3 is 2.74 bits per heavy atom. The molecule has 0 bridgehead atoms. The predicted molar refractivity (Wildman–Crippen MR) is 140 cm³/mol. The molecule has 3 nitrogen and oxygen atoms in total. The number of aryl methyl sites for hydroxylation is 1. The van der Waals surface area contributed by atoms with Crippen molar-refractivity contribution in [2.45, 2.75) is 97.3 Å². The smallest absolute Gasteiger partial charge is 0.260 e. The molecule has 0 aliphatic heterocycles. The van der Waals surface area contributed by atoms with E-state index in [0.717, 1.165) is 48.3 Å². The van der Waals surface area contributed by atoms with E-state index in [1.54, 1.807) is 6.07 Å². The highest BCUT2D eigenvalue weighted by Crippen LogP contribution is 2.67. The Hall–Kier alpha value is -1.35. The maximum absolute atomic E-state index is 12.6. The van der Waals surface area contributed by atoms with Crippen LogP contribution in [0.3, 0.4) is 0 Å². The van der Waals surface area contributed by atoms with Crippen molar-refractivity contribution in [2.75, 3.05) is 0 Å². The fourth-order valence-corrected chi connectivity index (χ4v) is 9.97. The quantitative estimate of drug-likeness (QED) is 0.482. The number of nitrogens with zero attached hydrogens (tertiary/aromatic N) is 1. The largest absolute Gasteiger partial charge is 0.310 e. The summed E-state index contributed by atoms with van der Waals surface area (Å²) in [6.45, 7) is 5.34. The molecule has 7 unspecified atom stereocenters. The molecule has 6 rings (SSSR count). The molecule has 1 aromatic heterocycles. The number of hydrogen-bond acceptors (Lipinski definition) is 2. The Morgan fingerprint density at radius 2 is 1.85 bits per heavy atom. The normalized spacial score (nSPS) is 39.4. The summed E-state index contributed by atoms with van der Waals surface area (Å²) in [5, 5.41) is 0.992. The number of aromatic amines is 1. The Balaban J connectivity index is 1.13. The van der Waals surface area contributed by atoms with E-state index >= 15 is 0 Å². The summed E-state index contributed by atoms with van der Waals surface area (Å²) in [6, 6.07) is 5.52. The first-order valence-electron chi connectivity index (χ1n) is 14.1. The predicted octanol–water partition coefficient (Wildman–Crippen LogP) is 7.95. The van der Waals surface area contributed by atoms with Crippen LogP contribution >= 0.6 is 11.6 Å². The number of hydrogen-bond donors (Lipinski definition) is 1. The second kappa shape index (κ2) is 8.64. The standard InChI is InChI=1S/C30H41ClN2O/c1-29-17-4-3-7-19(29)12-14-21-22-15-13-20(30(22,2)18-16-23(21)29)8-5-11-26-32-25-10-6-9-24(31)27(25)28(34)33-26/h6,9-10,19-23H,3-5,7-8,11-18H2,1-2H3,(H,32,33,34). The Bertz CT molecular complexity index is 1130. The molecular formula is C30H41ClN2O. The summed E-state index contributed by atoms with van der Waals surface area (Å²) in [5.41, 5.74) is 1.77. The first-order valence-corrected chi connectivity index (χ1v) is 14.5. The molecule has 4 fully saturated rings. The third-order valence-corrected chi connectivity index (χ3v) is 11.8. The van der Waals surface area contributed by atoms with Crippen LogP contribution in [0.1, 0.15) is 96.7 Å². The average molecular weight is 481 g/mol. The SMILES string of the molecule is CC12CCCCC1CCC1C2CCC2(C)C(CCCc3nc4cccc(Cl)c4c(=O)[nH]3)CCC12. The molecule has 0 radical (unpaired) electrons. The first-order chi connectivity index (χ1) is 16.4. The maximum Gasteiger partial charge on any atom is 0.260 e. The number of rotatable bonds is 4. The van der Waals surface area contributed by atoms with Gasteiger partial charge in [0.1, 0.15) is 5.82 Å². The lowest BCUT2D eigenvalue weighted by atomic mass is 9.45. The van der Waals surface area contributed by atoms with Crippen LogP contribution in [0.5, 0.6) is 0 Å². The molecule has 1 N–H and O–H groups in total. The van der Waals surface area contributed by atoms with Crippen LogP contribution in [0.2, 0.25) is 5.02 Å². The van der Waals surface area contributed by atoms with Crippen LogP contribution in [0, 0.1) is 40.4 Å². The molecule has 2 aromatic rings. The van der Waals surface area contributed by atoms with E-state index in [1.165, 1.54) is 70.6 Å². The van der Waals surface area contributed by atoms with Gasteiger partial charge in [-0.25, -0.2) is 4.98 Å². The van der Waals surface area contributed by atoms with Crippen molar-refractivity contribution in [1.29, 1.82) is 0 Å². The third-order valence-electron chi connectivity index (χ3n) is 11.5. The number of halogens is 1. The van der Waals surface area contributed by atoms with E-state index < -0.39 is 0 Å². The fraction of sp³-hybridized carbons (Fsp3) is 0.733. The molecule has 7 atom stereocenters. The van der Waals surface area contributed by atoms with Crippen molar-refractivity contribution >= 4 is 22.5 Å². The van der Waals surface area contributed by atoms with Crippen LogP contribution in [0.15, 0.2) is 23.0 Å². The van der Waals surface area contributed by atoms with Crippen molar-refractivity contribution < 1.29 is 0 Å². The second-order valence-corrected chi connectivity index (χ2v) is 13.2. The highest BCUT2D eigenvalue weighted by molar-refractivity contribution is 6.35. The molecule has 0 amide bonds. The zero-order valence-corrected chi connectivity index (χ0v) is 21.8. The molecule has 1 heterocycles. The lowest BCUT2D eigenvalue weighted by Crippen LogP contribution is -2.52. The van der Waals surface area contributed by atoms with Gasteiger partial charge < -0.3 is 4.98 Å². The second-order valence-electron chi connectivity index (χ2n) is 12.8. The van der Waals surface area contributed by atoms with Gasteiger partial charge in [0.2, 0.25) is 0 Å². The molecule has 4 aliphatic rings.